The van der Waals surface area contributed by atoms with E-state index >= 15 is 0 Å². The lowest BCUT2D eigenvalue weighted by atomic mass is 9.97. The first-order chi connectivity index (χ1) is 15.8. The highest BCUT2D eigenvalue weighted by Crippen LogP contribution is 2.58. The van der Waals surface area contributed by atoms with Crippen molar-refractivity contribution in [3.63, 3.8) is 0 Å². The van der Waals surface area contributed by atoms with Gasteiger partial charge in [0, 0.05) is 11.1 Å². The van der Waals surface area contributed by atoms with Gasteiger partial charge in [0.05, 0.1) is 8.07 Å². The maximum atomic E-state index is 2.64. The highest BCUT2D eigenvalue weighted by molar-refractivity contribution is 6.82. The number of rotatable bonds is 2. The molecule has 0 aliphatic heterocycles. The third-order valence-corrected chi connectivity index (χ3v) is 12.9. The highest BCUT2D eigenvalue weighted by Gasteiger charge is 2.49. The first-order valence-corrected chi connectivity index (χ1v) is 15.4. The van der Waals surface area contributed by atoms with Crippen molar-refractivity contribution in [1.29, 1.82) is 0 Å². The molecule has 2 aliphatic carbocycles. The number of fused-ring (bicyclic) bond motifs is 6. The average Bonchev–Trinajstić information content (AvgIpc) is 3.33. The van der Waals surface area contributed by atoms with Crippen LogP contribution in [0.25, 0.3) is 22.3 Å². The van der Waals surface area contributed by atoms with Crippen LogP contribution in [0, 0.1) is 27.7 Å². The summed E-state index contributed by atoms with van der Waals surface area (Å²) in [7, 11) is -1.92. The molecule has 0 fully saturated rings. The van der Waals surface area contributed by atoms with Crippen LogP contribution in [-0.2, 0) is 0 Å². The summed E-state index contributed by atoms with van der Waals surface area (Å²) in [5, 5.41) is 0. The summed E-state index contributed by atoms with van der Waals surface area (Å²) in [5.74, 6) is 0. The van der Waals surface area contributed by atoms with Gasteiger partial charge in [-0.05, 0) is 94.5 Å². The number of hydrogen-bond acceptors (Lipinski definition) is 0. The fraction of sp³-hybridized carbons (Fsp3) is 0.250. The lowest BCUT2D eigenvalue weighted by Gasteiger charge is -2.38. The second kappa shape index (κ2) is 7.05. The number of aryl methyl sites for hydroxylation is 2. The lowest BCUT2D eigenvalue weighted by molar-refractivity contribution is 1.01. The zero-order valence-corrected chi connectivity index (χ0v) is 21.6. The molecule has 0 heterocycles. The molecule has 0 saturated heterocycles. The van der Waals surface area contributed by atoms with Gasteiger partial charge in [-0.2, -0.15) is 0 Å². The Morgan fingerprint density at radius 1 is 0.485 bits per heavy atom. The second-order valence-electron chi connectivity index (χ2n) is 10.8. The van der Waals surface area contributed by atoms with Crippen LogP contribution in [0.1, 0.15) is 55.6 Å². The molecule has 0 aromatic heterocycles. The molecule has 164 valence electrons. The van der Waals surface area contributed by atoms with Gasteiger partial charge >= 0.3 is 0 Å². The smallest absolute Gasteiger partial charge is 0.0679 e. The van der Waals surface area contributed by atoms with Gasteiger partial charge in [-0.1, -0.05) is 85.9 Å². The molecular formula is C32H32Si. The van der Waals surface area contributed by atoms with E-state index in [4.69, 9.17) is 0 Å². The fourth-order valence-corrected chi connectivity index (χ4v) is 11.5. The summed E-state index contributed by atoms with van der Waals surface area (Å²) in [5.41, 5.74) is 18.8. The Bertz CT molecular complexity index is 1330. The Balaban J connectivity index is 1.63. The Morgan fingerprint density at radius 2 is 0.879 bits per heavy atom. The molecule has 0 bridgehead atoms. The minimum Gasteiger partial charge on any atom is -0.0679 e. The largest absolute Gasteiger partial charge is 0.0731 e. The fourth-order valence-electron chi connectivity index (χ4n) is 6.93. The predicted molar refractivity (Wildman–Crippen MR) is 144 cm³/mol. The standard InChI is InChI=1S/C32H32Si/c1-19-15-17-27-29(21(19)3)23-11-7-9-13-25(23)31(27)33(5,6)32-26-14-10-8-12-24(26)30-22(4)20(2)16-18-28(30)32/h7-18,31-32H,1-6H3. The van der Waals surface area contributed by atoms with Gasteiger partial charge in [-0.15, -0.1) is 0 Å². The molecule has 2 aliphatic rings. The Kier molecular flexibility index (Phi) is 4.42. The maximum absolute atomic E-state index is 2.64. The van der Waals surface area contributed by atoms with Crippen LogP contribution in [-0.4, -0.2) is 8.07 Å². The minimum atomic E-state index is -1.92. The molecular weight excluding hydrogens is 412 g/mol. The van der Waals surface area contributed by atoms with E-state index in [2.05, 4.69) is 114 Å². The molecule has 2 unspecified atom stereocenters. The van der Waals surface area contributed by atoms with Crippen LogP contribution < -0.4 is 0 Å². The van der Waals surface area contributed by atoms with Crippen LogP contribution in [0.4, 0.5) is 0 Å². The minimum absolute atomic E-state index is 0.494. The van der Waals surface area contributed by atoms with Crippen molar-refractivity contribution in [3.05, 3.63) is 117 Å². The van der Waals surface area contributed by atoms with Crippen molar-refractivity contribution >= 4 is 8.07 Å². The molecule has 4 aromatic carbocycles. The van der Waals surface area contributed by atoms with Crippen LogP contribution in [0.15, 0.2) is 72.8 Å². The van der Waals surface area contributed by atoms with Crippen molar-refractivity contribution in [3.8, 4) is 22.3 Å². The van der Waals surface area contributed by atoms with Crippen LogP contribution in [0.2, 0.25) is 13.1 Å². The zero-order valence-electron chi connectivity index (χ0n) is 20.6. The van der Waals surface area contributed by atoms with Crippen molar-refractivity contribution in [2.45, 2.75) is 51.9 Å². The van der Waals surface area contributed by atoms with E-state index in [0.717, 1.165) is 0 Å². The molecule has 33 heavy (non-hydrogen) atoms. The summed E-state index contributed by atoms with van der Waals surface area (Å²) in [6, 6.07) is 28.0. The Labute approximate surface area is 199 Å². The third kappa shape index (κ3) is 2.69. The van der Waals surface area contributed by atoms with Gasteiger partial charge in [-0.3, -0.25) is 0 Å². The van der Waals surface area contributed by atoms with Gasteiger partial charge in [0.15, 0.2) is 0 Å². The second-order valence-corrected chi connectivity index (χ2v) is 15.6. The topological polar surface area (TPSA) is 0 Å². The van der Waals surface area contributed by atoms with Crippen molar-refractivity contribution in [2.75, 3.05) is 0 Å². The summed E-state index contributed by atoms with van der Waals surface area (Å²) >= 11 is 0. The normalized spacial score (nSPS) is 18.0. The van der Waals surface area contributed by atoms with Crippen LogP contribution in [0.3, 0.4) is 0 Å². The van der Waals surface area contributed by atoms with Crippen molar-refractivity contribution in [1.82, 2.24) is 0 Å². The van der Waals surface area contributed by atoms with Gasteiger partial charge in [-0.25, -0.2) is 0 Å². The number of hydrogen-bond donors (Lipinski definition) is 0. The first kappa shape index (κ1) is 20.7. The van der Waals surface area contributed by atoms with E-state index in [1.54, 1.807) is 22.3 Å². The van der Waals surface area contributed by atoms with Gasteiger partial charge in [0.25, 0.3) is 0 Å². The molecule has 2 atom stereocenters. The Hall–Kier alpha value is -2.90. The van der Waals surface area contributed by atoms with E-state index in [9.17, 15) is 0 Å². The monoisotopic (exact) mass is 444 g/mol. The molecule has 0 amide bonds. The summed E-state index contributed by atoms with van der Waals surface area (Å²) in [6.07, 6.45) is 0. The predicted octanol–water partition coefficient (Wildman–Crippen LogP) is 8.63. The van der Waals surface area contributed by atoms with Gasteiger partial charge in [0.1, 0.15) is 0 Å². The van der Waals surface area contributed by atoms with Gasteiger partial charge < -0.3 is 0 Å². The van der Waals surface area contributed by atoms with Gasteiger partial charge in [0.2, 0.25) is 0 Å². The summed E-state index contributed by atoms with van der Waals surface area (Å²) in [4.78, 5) is 0. The van der Waals surface area contributed by atoms with Crippen LogP contribution >= 0.6 is 0 Å². The van der Waals surface area contributed by atoms with Crippen molar-refractivity contribution in [2.24, 2.45) is 0 Å². The van der Waals surface area contributed by atoms with E-state index in [1.807, 2.05) is 0 Å². The molecule has 1 heteroatoms. The average molecular weight is 445 g/mol. The molecule has 0 nitrogen and oxygen atoms in total. The van der Waals surface area contributed by atoms with E-state index in [-0.39, 0.29) is 0 Å². The summed E-state index contributed by atoms with van der Waals surface area (Å²) in [6.45, 7) is 14.4. The molecule has 0 spiro atoms. The molecule has 4 aromatic rings. The SMILES string of the molecule is Cc1ccc2c(c1C)-c1ccccc1C2[Si](C)(C)C1c2ccccc2-c2c1ccc(C)c2C. The molecule has 6 rings (SSSR count). The first-order valence-electron chi connectivity index (χ1n) is 12.2. The van der Waals surface area contributed by atoms with Crippen molar-refractivity contribution < 1.29 is 0 Å². The molecule has 0 saturated carbocycles. The zero-order chi connectivity index (χ0) is 23.1. The van der Waals surface area contributed by atoms with E-state index in [0.29, 0.717) is 11.1 Å². The summed E-state index contributed by atoms with van der Waals surface area (Å²) < 4.78 is 0. The quantitative estimate of drug-likeness (QED) is 0.271. The molecule has 0 N–H and O–H groups in total. The molecule has 0 radical (unpaired) electrons. The highest BCUT2D eigenvalue weighted by atomic mass is 28.3. The van der Waals surface area contributed by atoms with E-state index < -0.39 is 8.07 Å². The number of benzene rings is 4. The lowest BCUT2D eigenvalue weighted by Crippen LogP contribution is -2.42. The maximum Gasteiger partial charge on any atom is 0.0731 e. The van der Waals surface area contributed by atoms with E-state index in [1.165, 1.54) is 44.5 Å². The Morgan fingerprint density at radius 3 is 1.30 bits per heavy atom. The third-order valence-electron chi connectivity index (χ3n) is 8.73. The van der Waals surface area contributed by atoms with Crippen LogP contribution in [0.5, 0.6) is 0 Å².